The fourth-order valence-electron chi connectivity index (χ4n) is 4.06. The first-order chi connectivity index (χ1) is 18.1. The summed E-state index contributed by atoms with van der Waals surface area (Å²) in [4.78, 5) is 8.39. The van der Waals surface area contributed by atoms with Crippen molar-refractivity contribution < 1.29 is 40.9 Å². The molecule has 39 heavy (non-hydrogen) atoms. The summed E-state index contributed by atoms with van der Waals surface area (Å²) in [6, 6.07) is 4.48. The number of benzene rings is 2. The fourth-order valence-corrected chi connectivity index (χ4v) is 4.06. The lowest BCUT2D eigenvalue weighted by molar-refractivity contribution is -0.170. The Morgan fingerprint density at radius 3 is 2.36 bits per heavy atom. The largest absolute Gasteiger partial charge is 0.491 e. The Morgan fingerprint density at radius 2 is 1.74 bits per heavy atom. The van der Waals surface area contributed by atoms with Crippen LogP contribution >= 0.6 is 0 Å². The number of aromatic nitrogens is 2. The Hall–Kier alpha value is -3.12. The van der Waals surface area contributed by atoms with Crippen molar-refractivity contribution in [1.82, 2.24) is 9.97 Å². The van der Waals surface area contributed by atoms with Crippen molar-refractivity contribution in [2.45, 2.75) is 70.4 Å². The standard InChI is InChI=1S/C27H29F6N3O3/c1-14(17-6-5-7-19(23(17)28)26(29,30)25(3,4)37)34-24-18-12-22(39-11-10-38-16-8-9-16)20(27(31,32)33)13-21(18)35-15(2)36-24/h5-7,12-14,16,37H,8-11H2,1-4H3,(H,34,35,36)/t14-/m1/s1. The lowest BCUT2D eigenvalue weighted by atomic mass is 9.91. The molecular weight excluding hydrogens is 528 g/mol. The Bertz CT molecular complexity index is 1350. The second kappa shape index (κ2) is 10.5. The van der Waals surface area contributed by atoms with Crippen LogP contribution < -0.4 is 10.1 Å². The molecule has 0 radical (unpaired) electrons. The van der Waals surface area contributed by atoms with Gasteiger partial charge in [0.15, 0.2) is 0 Å². The van der Waals surface area contributed by atoms with Crippen molar-refractivity contribution in [3.8, 4) is 5.75 Å². The van der Waals surface area contributed by atoms with Crippen LogP contribution in [-0.2, 0) is 16.8 Å². The molecule has 4 rings (SSSR count). The lowest BCUT2D eigenvalue weighted by Gasteiger charge is -2.30. The molecule has 6 nitrogen and oxygen atoms in total. The summed E-state index contributed by atoms with van der Waals surface area (Å²) in [7, 11) is 0. The van der Waals surface area contributed by atoms with E-state index in [9.17, 15) is 27.1 Å². The smallest absolute Gasteiger partial charge is 0.420 e. The van der Waals surface area contributed by atoms with Crippen molar-refractivity contribution in [2.24, 2.45) is 0 Å². The van der Waals surface area contributed by atoms with Crippen molar-refractivity contribution >= 4 is 16.7 Å². The molecule has 0 unspecified atom stereocenters. The maximum absolute atomic E-state index is 15.3. The van der Waals surface area contributed by atoms with Crippen LogP contribution in [0.25, 0.3) is 10.9 Å². The van der Waals surface area contributed by atoms with Crippen molar-refractivity contribution in [2.75, 3.05) is 18.5 Å². The molecule has 3 aromatic rings. The molecular formula is C27H29F6N3O3. The van der Waals surface area contributed by atoms with Gasteiger partial charge >= 0.3 is 12.1 Å². The predicted molar refractivity (Wildman–Crippen MR) is 132 cm³/mol. The Balaban J connectivity index is 1.70. The van der Waals surface area contributed by atoms with Crippen molar-refractivity contribution in [3.63, 3.8) is 0 Å². The highest BCUT2D eigenvalue weighted by Gasteiger charge is 2.49. The number of hydrogen-bond donors (Lipinski definition) is 2. The maximum atomic E-state index is 15.3. The average Bonchev–Trinajstić information content (AvgIpc) is 3.64. The molecule has 1 saturated carbocycles. The van der Waals surface area contributed by atoms with Gasteiger partial charge in [-0.05, 0) is 58.7 Å². The van der Waals surface area contributed by atoms with E-state index < -0.39 is 46.4 Å². The summed E-state index contributed by atoms with van der Waals surface area (Å²) in [5.74, 6) is -5.36. The van der Waals surface area contributed by atoms with Crippen LogP contribution in [-0.4, -0.2) is 40.0 Å². The van der Waals surface area contributed by atoms with Gasteiger partial charge in [-0.3, -0.25) is 0 Å². The summed E-state index contributed by atoms with van der Waals surface area (Å²) in [5, 5.41) is 13.0. The van der Waals surface area contributed by atoms with Crippen LogP contribution in [0.2, 0.25) is 0 Å². The molecule has 0 amide bonds. The molecule has 1 heterocycles. The zero-order chi connectivity index (χ0) is 28.8. The minimum Gasteiger partial charge on any atom is -0.491 e. The van der Waals surface area contributed by atoms with E-state index in [2.05, 4.69) is 15.3 Å². The number of alkyl halides is 5. The summed E-state index contributed by atoms with van der Waals surface area (Å²) >= 11 is 0. The van der Waals surface area contributed by atoms with E-state index in [4.69, 9.17) is 9.47 Å². The van der Waals surface area contributed by atoms with Crippen molar-refractivity contribution in [1.29, 1.82) is 0 Å². The molecule has 12 heteroatoms. The second-order valence-electron chi connectivity index (χ2n) is 10.1. The van der Waals surface area contributed by atoms with E-state index in [1.165, 1.54) is 26.0 Å². The first-order valence-corrected chi connectivity index (χ1v) is 12.4. The molecule has 0 spiro atoms. The van der Waals surface area contributed by atoms with Gasteiger partial charge in [-0.1, -0.05) is 12.1 Å². The number of anilines is 1. The number of nitrogens with zero attached hydrogens (tertiary/aromatic N) is 2. The number of aryl methyl sites for hydroxylation is 1. The quantitative estimate of drug-likeness (QED) is 0.214. The minimum absolute atomic E-state index is 0.0334. The highest BCUT2D eigenvalue weighted by Crippen LogP contribution is 2.42. The first-order valence-electron chi connectivity index (χ1n) is 12.4. The van der Waals surface area contributed by atoms with E-state index >= 15 is 4.39 Å². The Morgan fingerprint density at radius 1 is 1.05 bits per heavy atom. The van der Waals surface area contributed by atoms with Crippen LogP contribution in [0.1, 0.15) is 62.2 Å². The molecule has 1 fully saturated rings. The lowest BCUT2D eigenvalue weighted by Crippen LogP contribution is -2.41. The van der Waals surface area contributed by atoms with Crippen LogP contribution in [0.15, 0.2) is 30.3 Å². The third kappa shape index (κ3) is 6.22. The molecule has 0 bridgehead atoms. The monoisotopic (exact) mass is 557 g/mol. The normalized spacial score (nSPS) is 15.5. The van der Waals surface area contributed by atoms with Crippen LogP contribution in [0.3, 0.4) is 0 Å². The van der Waals surface area contributed by atoms with Crippen molar-refractivity contribution in [3.05, 3.63) is 58.7 Å². The molecule has 0 saturated heterocycles. The molecule has 212 valence electrons. The van der Waals surface area contributed by atoms with Crippen LogP contribution in [0, 0.1) is 12.7 Å². The first kappa shape index (κ1) is 28.9. The van der Waals surface area contributed by atoms with Gasteiger partial charge < -0.3 is 19.9 Å². The second-order valence-corrected chi connectivity index (χ2v) is 10.1. The number of fused-ring (bicyclic) bond motifs is 1. The Labute approximate surface area is 221 Å². The van der Waals surface area contributed by atoms with E-state index in [0.717, 1.165) is 44.9 Å². The molecule has 2 aromatic carbocycles. The zero-order valence-electron chi connectivity index (χ0n) is 21.8. The molecule has 1 atom stereocenters. The zero-order valence-corrected chi connectivity index (χ0v) is 21.8. The number of aliphatic hydroxyl groups is 1. The highest BCUT2D eigenvalue weighted by molar-refractivity contribution is 5.91. The van der Waals surface area contributed by atoms with Crippen LogP contribution in [0.5, 0.6) is 5.75 Å². The van der Waals surface area contributed by atoms with Gasteiger partial charge in [0, 0.05) is 10.9 Å². The number of rotatable bonds is 10. The van der Waals surface area contributed by atoms with Crippen LogP contribution in [0.4, 0.5) is 32.2 Å². The van der Waals surface area contributed by atoms with E-state index in [-0.39, 0.29) is 47.4 Å². The molecule has 1 aliphatic rings. The average molecular weight is 558 g/mol. The van der Waals surface area contributed by atoms with Gasteiger partial charge in [-0.2, -0.15) is 22.0 Å². The van der Waals surface area contributed by atoms with Gasteiger partial charge in [0.1, 0.15) is 35.4 Å². The molecule has 2 N–H and O–H groups in total. The molecule has 1 aromatic heterocycles. The van der Waals surface area contributed by atoms with E-state index in [1.807, 2.05) is 0 Å². The highest BCUT2D eigenvalue weighted by atomic mass is 19.4. The third-order valence-electron chi connectivity index (χ3n) is 6.39. The van der Waals surface area contributed by atoms with Gasteiger partial charge in [-0.25, -0.2) is 14.4 Å². The van der Waals surface area contributed by atoms with Gasteiger partial charge in [-0.15, -0.1) is 0 Å². The maximum Gasteiger partial charge on any atom is 0.420 e. The van der Waals surface area contributed by atoms with E-state index in [0.29, 0.717) is 0 Å². The molecule has 1 aliphatic carbocycles. The number of halogens is 6. The topological polar surface area (TPSA) is 76.5 Å². The fraction of sp³-hybridized carbons (Fsp3) is 0.481. The summed E-state index contributed by atoms with van der Waals surface area (Å²) in [6.45, 7) is 4.74. The summed E-state index contributed by atoms with van der Waals surface area (Å²) in [5.41, 5.74) is -4.72. The number of nitrogens with one attached hydrogen (secondary N) is 1. The predicted octanol–water partition coefficient (Wildman–Crippen LogP) is 6.69. The number of ether oxygens (including phenoxy) is 2. The minimum atomic E-state index is -4.73. The summed E-state index contributed by atoms with van der Waals surface area (Å²) in [6.07, 6.45) is -2.79. The van der Waals surface area contributed by atoms with Gasteiger partial charge in [0.25, 0.3) is 0 Å². The van der Waals surface area contributed by atoms with Gasteiger partial charge in [0.05, 0.1) is 35.4 Å². The third-order valence-corrected chi connectivity index (χ3v) is 6.39. The SMILES string of the molecule is Cc1nc(N[C@H](C)c2cccc(C(F)(F)C(C)(C)O)c2F)c2cc(OCCOC3CC3)c(C(F)(F)F)cc2n1. The van der Waals surface area contributed by atoms with Gasteiger partial charge in [0.2, 0.25) is 0 Å². The molecule has 0 aliphatic heterocycles. The summed E-state index contributed by atoms with van der Waals surface area (Å²) < 4.78 is 97.2. The Kier molecular flexibility index (Phi) is 7.74. The van der Waals surface area contributed by atoms with E-state index in [1.54, 1.807) is 0 Å². The number of hydrogen-bond acceptors (Lipinski definition) is 6.